The summed E-state index contributed by atoms with van der Waals surface area (Å²) in [5.41, 5.74) is 4.61. The van der Waals surface area contributed by atoms with Crippen molar-refractivity contribution in [3.63, 3.8) is 0 Å². The first-order valence-corrected chi connectivity index (χ1v) is 9.68. The molecule has 2 aromatic rings. The van der Waals surface area contributed by atoms with Gasteiger partial charge in [-0.15, -0.1) is 0 Å². The molecule has 2 aromatic carbocycles. The van der Waals surface area contributed by atoms with E-state index in [1.807, 2.05) is 51.1 Å². The van der Waals surface area contributed by atoms with Crippen molar-refractivity contribution in [2.24, 2.45) is 0 Å². The maximum atomic E-state index is 12.1. The van der Waals surface area contributed by atoms with Gasteiger partial charge in [0.05, 0.1) is 6.04 Å². The molecule has 1 atom stereocenters. The predicted molar refractivity (Wildman–Crippen MR) is 112 cm³/mol. The summed E-state index contributed by atoms with van der Waals surface area (Å²) in [4.78, 5) is 36.0. The summed E-state index contributed by atoms with van der Waals surface area (Å²) in [5, 5.41) is 5.30. The van der Waals surface area contributed by atoms with Crippen molar-refractivity contribution in [2.45, 2.75) is 40.2 Å². The quantitative estimate of drug-likeness (QED) is 0.672. The number of esters is 1. The highest BCUT2D eigenvalue weighted by molar-refractivity contribution is 5.96. The fourth-order valence-corrected chi connectivity index (χ4v) is 2.97. The van der Waals surface area contributed by atoms with E-state index in [1.165, 1.54) is 5.56 Å². The van der Waals surface area contributed by atoms with Crippen LogP contribution < -0.4 is 10.6 Å². The molecule has 154 valence electrons. The summed E-state index contributed by atoms with van der Waals surface area (Å²) in [6.07, 6.45) is 0.955. The molecule has 0 aliphatic rings. The SMILES string of the molecule is CCc1ccc(C(C)NC(=O)COC(=O)CNC(=O)c2cc(C)cc(C)c2)cc1. The second-order valence-corrected chi connectivity index (χ2v) is 7.10. The molecule has 0 aliphatic carbocycles. The van der Waals surface area contributed by atoms with Crippen molar-refractivity contribution in [3.8, 4) is 0 Å². The molecular formula is C23H28N2O4. The summed E-state index contributed by atoms with van der Waals surface area (Å²) in [5.74, 6) is -1.42. The third kappa shape index (κ3) is 7.07. The number of rotatable bonds is 8. The molecule has 0 radical (unpaired) electrons. The first-order chi connectivity index (χ1) is 13.8. The van der Waals surface area contributed by atoms with Crippen LogP contribution in [0.1, 0.15) is 52.5 Å². The number of ether oxygens (including phenoxy) is 1. The number of hydrogen-bond acceptors (Lipinski definition) is 4. The molecule has 0 heterocycles. The van der Waals surface area contributed by atoms with Gasteiger partial charge in [-0.2, -0.15) is 0 Å². The van der Waals surface area contributed by atoms with Crippen LogP contribution in [0.5, 0.6) is 0 Å². The predicted octanol–water partition coefficient (Wildman–Crippen LogP) is 3.02. The monoisotopic (exact) mass is 396 g/mol. The number of amides is 2. The second-order valence-electron chi connectivity index (χ2n) is 7.10. The Morgan fingerprint density at radius 1 is 1.00 bits per heavy atom. The lowest BCUT2D eigenvalue weighted by molar-refractivity contribution is -0.147. The van der Waals surface area contributed by atoms with Crippen molar-refractivity contribution < 1.29 is 19.1 Å². The zero-order chi connectivity index (χ0) is 21.4. The average Bonchev–Trinajstić information content (AvgIpc) is 2.69. The smallest absolute Gasteiger partial charge is 0.325 e. The molecule has 0 spiro atoms. The van der Waals surface area contributed by atoms with Crippen LogP contribution in [0.25, 0.3) is 0 Å². The highest BCUT2D eigenvalue weighted by Crippen LogP contribution is 2.13. The first kappa shape index (κ1) is 22.1. The third-order valence-corrected chi connectivity index (χ3v) is 4.51. The number of carbonyl (C=O) groups is 3. The number of aryl methyl sites for hydroxylation is 3. The summed E-state index contributed by atoms with van der Waals surface area (Å²) >= 11 is 0. The fraction of sp³-hybridized carbons (Fsp3) is 0.348. The molecule has 6 heteroatoms. The normalized spacial score (nSPS) is 11.4. The van der Waals surface area contributed by atoms with Gasteiger partial charge in [0.15, 0.2) is 6.61 Å². The topological polar surface area (TPSA) is 84.5 Å². The minimum Gasteiger partial charge on any atom is -0.454 e. The van der Waals surface area contributed by atoms with Gasteiger partial charge in [0.25, 0.3) is 11.8 Å². The maximum absolute atomic E-state index is 12.1. The number of carbonyl (C=O) groups excluding carboxylic acids is 3. The molecular weight excluding hydrogens is 368 g/mol. The van der Waals surface area contributed by atoms with Crippen molar-refractivity contribution >= 4 is 17.8 Å². The first-order valence-electron chi connectivity index (χ1n) is 9.68. The molecule has 0 bridgehead atoms. The van der Waals surface area contributed by atoms with E-state index in [0.717, 1.165) is 23.1 Å². The van der Waals surface area contributed by atoms with Gasteiger partial charge in [-0.1, -0.05) is 48.4 Å². The van der Waals surface area contributed by atoms with E-state index in [-0.39, 0.29) is 18.5 Å². The van der Waals surface area contributed by atoms with Crippen molar-refractivity contribution in [3.05, 3.63) is 70.3 Å². The summed E-state index contributed by atoms with van der Waals surface area (Å²) in [6, 6.07) is 13.2. The zero-order valence-corrected chi connectivity index (χ0v) is 17.4. The molecule has 0 aromatic heterocycles. The summed E-state index contributed by atoms with van der Waals surface area (Å²) < 4.78 is 4.95. The fourth-order valence-electron chi connectivity index (χ4n) is 2.97. The lowest BCUT2D eigenvalue weighted by Gasteiger charge is -2.15. The Labute approximate surface area is 171 Å². The maximum Gasteiger partial charge on any atom is 0.325 e. The molecule has 2 N–H and O–H groups in total. The lowest BCUT2D eigenvalue weighted by atomic mass is 10.1. The van der Waals surface area contributed by atoms with E-state index in [4.69, 9.17) is 4.74 Å². The summed E-state index contributed by atoms with van der Waals surface area (Å²) in [6.45, 7) is 7.05. The molecule has 6 nitrogen and oxygen atoms in total. The van der Waals surface area contributed by atoms with Gasteiger partial charge in [-0.05, 0) is 50.5 Å². The number of benzene rings is 2. The Morgan fingerprint density at radius 2 is 1.62 bits per heavy atom. The van der Waals surface area contributed by atoms with Crippen LogP contribution >= 0.6 is 0 Å². The highest BCUT2D eigenvalue weighted by Gasteiger charge is 2.13. The van der Waals surface area contributed by atoms with Crippen LogP contribution in [-0.4, -0.2) is 30.9 Å². The van der Waals surface area contributed by atoms with Crippen LogP contribution in [0.4, 0.5) is 0 Å². The van der Waals surface area contributed by atoms with Crippen LogP contribution in [0.15, 0.2) is 42.5 Å². The Morgan fingerprint density at radius 3 is 2.21 bits per heavy atom. The van der Waals surface area contributed by atoms with E-state index in [2.05, 4.69) is 17.6 Å². The molecule has 0 aliphatic heterocycles. The molecule has 29 heavy (non-hydrogen) atoms. The van der Waals surface area contributed by atoms with Crippen molar-refractivity contribution in [1.82, 2.24) is 10.6 Å². The minimum absolute atomic E-state index is 0.198. The zero-order valence-electron chi connectivity index (χ0n) is 17.4. The van der Waals surface area contributed by atoms with E-state index in [0.29, 0.717) is 5.56 Å². The highest BCUT2D eigenvalue weighted by atomic mass is 16.5. The largest absolute Gasteiger partial charge is 0.454 e. The van der Waals surface area contributed by atoms with E-state index >= 15 is 0 Å². The van der Waals surface area contributed by atoms with Crippen LogP contribution in [0, 0.1) is 13.8 Å². The van der Waals surface area contributed by atoms with Crippen LogP contribution in [0.2, 0.25) is 0 Å². The van der Waals surface area contributed by atoms with Gasteiger partial charge < -0.3 is 15.4 Å². The molecule has 0 saturated carbocycles. The second kappa shape index (κ2) is 10.4. The minimum atomic E-state index is -0.669. The molecule has 1 unspecified atom stereocenters. The van der Waals surface area contributed by atoms with Crippen LogP contribution in [-0.2, 0) is 20.7 Å². The Hall–Kier alpha value is -3.15. The van der Waals surface area contributed by atoms with Crippen molar-refractivity contribution in [2.75, 3.05) is 13.2 Å². The average molecular weight is 396 g/mol. The number of hydrogen-bond donors (Lipinski definition) is 2. The number of nitrogens with one attached hydrogen (secondary N) is 2. The van der Waals surface area contributed by atoms with E-state index < -0.39 is 18.5 Å². The Kier molecular flexibility index (Phi) is 7.95. The molecule has 2 amide bonds. The third-order valence-electron chi connectivity index (χ3n) is 4.51. The summed E-state index contributed by atoms with van der Waals surface area (Å²) in [7, 11) is 0. The van der Waals surface area contributed by atoms with Crippen molar-refractivity contribution in [1.29, 1.82) is 0 Å². The van der Waals surface area contributed by atoms with Gasteiger partial charge in [0, 0.05) is 5.56 Å². The van der Waals surface area contributed by atoms with E-state index in [1.54, 1.807) is 12.1 Å². The molecule has 0 saturated heterocycles. The standard InChI is InChI=1S/C23H28N2O4/c1-5-18-6-8-19(9-7-18)17(4)25-21(26)14-29-22(27)13-24-23(28)20-11-15(2)10-16(3)12-20/h6-12,17H,5,13-14H2,1-4H3,(H,24,28)(H,25,26). The Bertz CT molecular complexity index is 855. The molecule has 2 rings (SSSR count). The van der Waals surface area contributed by atoms with E-state index in [9.17, 15) is 14.4 Å². The lowest BCUT2D eigenvalue weighted by Crippen LogP contribution is -2.34. The molecule has 0 fully saturated rings. The van der Waals surface area contributed by atoms with Gasteiger partial charge >= 0.3 is 5.97 Å². The van der Waals surface area contributed by atoms with Gasteiger partial charge in [-0.3, -0.25) is 14.4 Å². The van der Waals surface area contributed by atoms with Gasteiger partial charge in [-0.25, -0.2) is 0 Å². The van der Waals surface area contributed by atoms with Gasteiger partial charge in [0.2, 0.25) is 0 Å². The van der Waals surface area contributed by atoms with Gasteiger partial charge in [0.1, 0.15) is 6.54 Å². The Balaban J connectivity index is 1.74. The van der Waals surface area contributed by atoms with Crippen LogP contribution in [0.3, 0.4) is 0 Å².